The van der Waals surface area contributed by atoms with Crippen LogP contribution in [0.3, 0.4) is 0 Å². The Bertz CT molecular complexity index is 1240. The molecule has 0 bridgehead atoms. The molecule has 1 saturated carbocycles. The van der Waals surface area contributed by atoms with Crippen LogP contribution in [0, 0.1) is 0 Å². The summed E-state index contributed by atoms with van der Waals surface area (Å²) in [6.45, 7) is 11.0. The summed E-state index contributed by atoms with van der Waals surface area (Å²) >= 11 is 1.59. The molecule has 1 aromatic heterocycles. The second kappa shape index (κ2) is 12.9. The van der Waals surface area contributed by atoms with Crippen LogP contribution < -0.4 is 10.6 Å². The number of rotatable bonds is 8. The van der Waals surface area contributed by atoms with Gasteiger partial charge in [-0.05, 0) is 79.4 Å². The molecule has 11 heteroatoms. The number of carbonyl (C=O) groups is 2. The first kappa shape index (κ1) is 29.9. The van der Waals surface area contributed by atoms with E-state index in [1.165, 1.54) is 0 Å². The molecule has 1 fully saturated rings. The van der Waals surface area contributed by atoms with Gasteiger partial charge in [0.2, 0.25) is 0 Å². The molecule has 2 N–H and O–H groups in total. The zero-order chi connectivity index (χ0) is 28.0. The minimum atomic E-state index is -2.75. The monoisotopic (exact) mass is 564 g/mol. The number of benzene rings is 1. The highest BCUT2D eigenvalue weighted by Crippen LogP contribution is 2.40. The van der Waals surface area contributed by atoms with Crippen molar-refractivity contribution in [2.45, 2.75) is 102 Å². The summed E-state index contributed by atoms with van der Waals surface area (Å²) < 4.78 is 28.6. The maximum absolute atomic E-state index is 13.7. The van der Waals surface area contributed by atoms with E-state index in [-0.39, 0.29) is 30.4 Å². The van der Waals surface area contributed by atoms with Gasteiger partial charge < -0.3 is 14.8 Å². The maximum Gasteiger partial charge on any atom is 0.411 e. The normalized spacial score (nSPS) is 19.2. The predicted molar refractivity (Wildman–Crippen MR) is 152 cm³/mol. The van der Waals surface area contributed by atoms with Crippen LogP contribution >= 0.6 is 11.3 Å². The molecule has 2 amide bonds. The van der Waals surface area contributed by atoms with Gasteiger partial charge in [0, 0.05) is 35.7 Å². The standard InChI is InChI=1S/C27H40N4O5S2/c1-16(2)31-38(7,34)24-14-21(30-27(33)36-18(5)6)12-13-22(24)23-15-28-25(37-23)19-8-10-20(11-9-19)29-26(32)35-17(3)4/h12-20H,8-11H2,1-7H3,(H,29,32)(H,30,33). The number of anilines is 1. The number of alkyl carbamates (subject to hydrolysis) is 1. The Balaban J connectivity index is 1.82. The highest BCUT2D eigenvalue weighted by atomic mass is 32.2. The van der Waals surface area contributed by atoms with Crippen molar-refractivity contribution < 1.29 is 23.3 Å². The molecule has 1 atom stereocenters. The highest BCUT2D eigenvalue weighted by molar-refractivity contribution is 7.93. The molecular weight excluding hydrogens is 524 g/mol. The fraction of sp³-hybridized carbons (Fsp3) is 0.593. The summed E-state index contributed by atoms with van der Waals surface area (Å²) in [7, 11) is -2.75. The van der Waals surface area contributed by atoms with Gasteiger partial charge in [-0.1, -0.05) is 6.07 Å². The quantitative estimate of drug-likeness (QED) is 0.364. The van der Waals surface area contributed by atoms with Crippen LogP contribution in [-0.2, 0) is 19.2 Å². The van der Waals surface area contributed by atoms with E-state index >= 15 is 0 Å². The van der Waals surface area contributed by atoms with Crippen molar-refractivity contribution in [2.75, 3.05) is 11.6 Å². The number of nitrogens with one attached hydrogen (secondary N) is 2. The zero-order valence-corrected chi connectivity index (χ0v) is 24.9. The molecule has 1 aromatic carbocycles. The first-order valence-electron chi connectivity index (χ1n) is 13.1. The Morgan fingerprint density at radius 2 is 1.66 bits per heavy atom. The van der Waals surface area contributed by atoms with Crippen LogP contribution in [0.5, 0.6) is 0 Å². The van der Waals surface area contributed by atoms with Crippen LogP contribution in [0.25, 0.3) is 10.4 Å². The molecule has 0 radical (unpaired) electrons. The van der Waals surface area contributed by atoms with E-state index in [1.54, 1.807) is 43.6 Å². The third-order valence-electron chi connectivity index (χ3n) is 5.92. The second-order valence-electron chi connectivity index (χ2n) is 10.5. The summed E-state index contributed by atoms with van der Waals surface area (Å²) in [6.07, 6.45) is 5.69. The minimum absolute atomic E-state index is 0.105. The summed E-state index contributed by atoms with van der Waals surface area (Å²) in [5.41, 5.74) is 1.29. The van der Waals surface area contributed by atoms with Crippen molar-refractivity contribution in [1.82, 2.24) is 10.3 Å². The largest absolute Gasteiger partial charge is 0.447 e. The molecule has 0 aliphatic heterocycles. The fourth-order valence-corrected chi connectivity index (χ4v) is 7.48. The van der Waals surface area contributed by atoms with Crippen molar-refractivity contribution in [3.63, 3.8) is 0 Å². The molecule has 210 valence electrons. The number of ether oxygens (including phenoxy) is 2. The second-order valence-corrected chi connectivity index (χ2v) is 13.8. The number of carbonyl (C=O) groups excluding carboxylic acids is 2. The lowest BCUT2D eigenvalue weighted by molar-refractivity contribution is 0.109. The topological polar surface area (TPSA) is 119 Å². The maximum atomic E-state index is 13.7. The average Bonchev–Trinajstić information content (AvgIpc) is 3.27. The molecule has 1 unspecified atom stereocenters. The summed E-state index contributed by atoms with van der Waals surface area (Å²) in [5.74, 6) is 0.300. The van der Waals surface area contributed by atoms with Crippen molar-refractivity contribution in [2.24, 2.45) is 4.36 Å². The van der Waals surface area contributed by atoms with E-state index in [4.69, 9.17) is 14.5 Å². The van der Waals surface area contributed by atoms with Crippen LogP contribution in [0.1, 0.15) is 78.2 Å². The molecule has 0 saturated heterocycles. The Morgan fingerprint density at radius 3 is 2.26 bits per heavy atom. The van der Waals surface area contributed by atoms with Gasteiger partial charge in [-0.2, -0.15) is 0 Å². The Labute approximate surface area is 230 Å². The van der Waals surface area contributed by atoms with Gasteiger partial charge in [0.05, 0.1) is 42.8 Å². The molecule has 9 nitrogen and oxygen atoms in total. The van der Waals surface area contributed by atoms with Crippen molar-refractivity contribution >= 4 is 38.9 Å². The first-order valence-corrected chi connectivity index (χ1v) is 15.8. The zero-order valence-electron chi connectivity index (χ0n) is 23.3. The predicted octanol–water partition coefficient (Wildman–Crippen LogP) is 6.79. The van der Waals surface area contributed by atoms with Gasteiger partial charge in [0.15, 0.2) is 0 Å². The van der Waals surface area contributed by atoms with Crippen molar-refractivity contribution in [3.8, 4) is 10.4 Å². The van der Waals surface area contributed by atoms with E-state index in [1.807, 2.05) is 40.0 Å². The lowest BCUT2D eigenvalue weighted by atomic mass is 9.86. The van der Waals surface area contributed by atoms with Gasteiger partial charge in [0.25, 0.3) is 0 Å². The highest BCUT2D eigenvalue weighted by Gasteiger charge is 2.27. The van der Waals surface area contributed by atoms with E-state index in [0.717, 1.165) is 41.1 Å². The van der Waals surface area contributed by atoms with Crippen LogP contribution in [0.15, 0.2) is 33.7 Å². The van der Waals surface area contributed by atoms with Crippen LogP contribution in [0.2, 0.25) is 0 Å². The van der Waals surface area contributed by atoms with E-state index in [0.29, 0.717) is 16.5 Å². The summed E-state index contributed by atoms with van der Waals surface area (Å²) in [4.78, 5) is 30.3. The smallest absolute Gasteiger partial charge is 0.411 e. The molecular formula is C27H40N4O5S2. The van der Waals surface area contributed by atoms with E-state index < -0.39 is 15.8 Å². The number of nitrogens with zero attached hydrogens (tertiary/aromatic N) is 2. The third-order valence-corrected chi connectivity index (χ3v) is 9.09. The molecule has 3 rings (SSSR count). The number of hydrogen-bond acceptors (Lipinski definition) is 8. The SMILES string of the molecule is CC(C)N=S(C)(=O)c1cc(NC(=O)OC(C)C)ccc1-c1cnc(C2CCC(NC(=O)OC(C)C)CC2)s1. The fourth-order valence-electron chi connectivity index (χ4n) is 4.44. The van der Waals surface area contributed by atoms with Gasteiger partial charge in [0.1, 0.15) is 0 Å². The Morgan fingerprint density at radius 1 is 1.03 bits per heavy atom. The van der Waals surface area contributed by atoms with Crippen molar-refractivity contribution in [1.29, 1.82) is 0 Å². The lowest BCUT2D eigenvalue weighted by Gasteiger charge is -2.28. The number of thiazole rings is 1. The first-order chi connectivity index (χ1) is 17.8. The molecule has 1 aliphatic carbocycles. The molecule has 2 aromatic rings. The number of hydrogen-bond donors (Lipinski definition) is 2. The molecule has 1 heterocycles. The van der Waals surface area contributed by atoms with Gasteiger partial charge in [-0.3, -0.25) is 5.32 Å². The average molecular weight is 565 g/mol. The van der Waals surface area contributed by atoms with Gasteiger partial charge in [-0.15, -0.1) is 11.3 Å². The van der Waals surface area contributed by atoms with Crippen LogP contribution in [0.4, 0.5) is 15.3 Å². The van der Waals surface area contributed by atoms with Crippen LogP contribution in [-0.4, -0.2) is 51.9 Å². The lowest BCUT2D eigenvalue weighted by Crippen LogP contribution is -2.38. The van der Waals surface area contributed by atoms with Gasteiger partial charge in [-0.25, -0.2) is 23.1 Å². The summed E-state index contributed by atoms with van der Waals surface area (Å²) in [5, 5.41) is 6.71. The van der Waals surface area contributed by atoms with Gasteiger partial charge >= 0.3 is 12.2 Å². The van der Waals surface area contributed by atoms with E-state index in [2.05, 4.69) is 15.0 Å². The Kier molecular flexibility index (Phi) is 10.2. The van der Waals surface area contributed by atoms with Crippen molar-refractivity contribution in [3.05, 3.63) is 29.4 Å². The molecule has 1 aliphatic rings. The summed E-state index contributed by atoms with van der Waals surface area (Å²) in [6, 6.07) is 5.34. The third kappa shape index (κ3) is 8.42. The van der Waals surface area contributed by atoms with E-state index in [9.17, 15) is 13.8 Å². The number of amides is 2. The minimum Gasteiger partial charge on any atom is -0.447 e. The number of aromatic nitrogens is 1. The molecule has 38 heavy (non-hydrogen) atoms. The Hall–Kier alpha value is -2.66. The molecule has 0 spiro atoms.